The Kier molecular flexibility index (Phi) is 6.45. The zero-order valence-electron chi connectivity index (χ0n) is 19.3. The molecule has 3 aliphatic rings. The maximum Gasteiger partial charge on any atom is 0.230 e. The molecule has 1 amide bonds. The molecule has 1 unspecified atom stereocenters. The van der Waals surface area contributed by atoms with E-state index in [1.807, 2.05) is 4.90 Å². The highest BCUT2D eigenvalue weighted by molar-refractivity contribution is 5.96. The Morgan fingerprint density at radius 3 is 2.57 bits per heavy atom. The first-order valence-electron chi connectivity index (χ1n) is 11.9. The molecule has 1 spiro atoms. The molecule has 9 nitrogen and oxygen atoms in total. The number of carbonyl (C=O) groups is 1. The smallest absolute Gasteiger partial charge is 0.230 e. The van der Waals surface area contributed by atoms with Gasteiger partial charge < -0.3 is 30.1 Å². The molecule has 35 heavy (non-hydrogen) atoms. The van der Waals surface area contributed by atoms with Gasteiger partial charge in [0.1, 0.15) is 11.9 Å². The molecule has 0 aliphatic carbocycles. The van der Waals surface area contributed by atoms with Gasteiger partial charge in [0.2, 0.25) is 17.7 Å². The van der Waals surface area contributed by atoms with Crippen molar-refractivity contribution in [2.45, 2.75) is 56.3 Å². The minimum atomic E-state index is -1.01. The maximum absolute atomic E-state index is 14.0. The molecule has 5 rings (SSSR count). The average molecular weight is 490 g/mol. The number of aliphatic hydroxyl groups is 1. The summed E-state index contributed by atoms with van der Waals surface area (Å²) in [6, 6.07) is 5.24. The van der Waals surface area contributed by atoms with Gasteiger partial charge in [0, 0.05) is 43.8 Å². The second-order valence-electron chi connectivity index (χ2n) is 9.45. The largest absolute Gasteiger partial charge is 0.474 e. The number of anilines is 3. The summed E-state index contributed by atoms with van der Waals surface area (Å²) in [5, 5.41) is 10.4. The molecule has 4 heterocycles. The average Bonchev–Trinajstić information content (AvgIpc) is 2.81. The third-order valence-electron chi connectivity index (χ3n) is 7.09. The van der Waals surface area contributed by atoms with Crippen LogP contribution in [0.25, 0.3) is 0 Å². The molecule has 1 aromatic heterocycles. The second-order valence-corrected chi connectivity index (χ2v) is 9.45. The van der Waals surface area contributed by atoms with Crippen molar-refractivity contribution in [1.29, 1.82) is 0 Å². The van der Waals surface area contributed by atoms with Crippen molar-refractivity contribution in [2.24, 2.45) is 0 Å². The van der Waals surface area contributed by atoms with Crippen LogP contribution >= 0.6 is 0 Å². The maximum atomic E-state index is 14.0. The van der Waals surface area contributed by atoms with Crippen LogP contribution in [0.15, 0.2) is 24.3 Å². The number of benzene rings is 1. The lowest BCUT2D eigenvalue weighted by molar-refractivity contribution is -0.125. The van der Waals surface area contributed by atoms with Crippen LogP contribution in [-0.4, -0.2) is 65.0 Å². The van der Waals surface area contributed by atoms with Crippen LogP contribution in [0.3, 0.4) is 0 Å². The first-order valence-corrected chi connectivity index (χ1v) is 11.9. The van der Waals surface area contributed by atoms with Gasteiger partial charge in [0.25, 0.3) is 0 Å². The van der Waals surface area contributed by atoms with E-state index in [9.17, 15) is 18.7 Å². The van der Waals surface area contributed by atoms with Gasteiger partial charge in [-0.1, -0.05) is 0 Å². The Labute approximate surface area is 201 Å². The van der Waals surface area contributed by atoms with Crippen molar-refractivity contribution >= 4 is 23.4 Å². The Balaban J connectivity index is 1.35. The van der Waals surface area contributed by atoms with Crippen LogP contribution < -0.4 is 20.3 Å². The van der Waals surface area contributed by atoms with E-state index >= 15 is 0 Å². The van der Waals surface area contributed by atoms with Crippen molar-refractivity contribution in [3.05, 3.63) is 35.9 Å². The SMILES string of the molecule is Nc1nc(OC2CCOCC2)cc(N2CCC3(CC2)CC(O)CC(=O)N3c2ccc(F)c(F)c2)n1. The monoisotopic (exact) mass is 489 g/mol. The van der Waals surface area contributed by atoms with Gasteiger partial charge in [-0.05, 0) is 31.4 Å². The topological polar surface area (TPSA) is 114 Å². The van der Waals surface area contributed by atoms with Crippen molar-refractivity contribution < 1.29 is 28.2 Å². The van der Waals surface area contributed by atoms with Gasteiger partial charge in [-0.2, -0.15) is 9.97 Å². The van der Waals surface area contributed by atoms with E-state index in [0.29, 0.717) is 63.0 Å². The summed E-state index contributed by atoms with van der Waals surface area (Å²) in [4.78, 5) is 25.2. The number of hydrogen-bond donors (Lipinski definition) is 2. The van der Waals surface area contributed by atoms with Crippen LogP contribution in [0.1, 0.15) is 38.5 Å². The number of nitrogens with zero attached hydrogens (tertiary/aromatic N) is 4. The Morgan fingerprint density at radius 1 is 1.11 bits per heavy atom. The van der Waals surface area contributed by atoms with Crippen LogP contribution in [0.2, 0.25) is 0 Å². The fourth-order valence-corrected chi connectivity index (χ4v) is 5.40. The number of nitrogens with two attached hydrogens (primary N) is 1. The van der Waals surface area contributed by atoms with Crippen molar-refractivity contribution in [1.82, 2.24) is 9.97 Å². The number of piperidine rings is 2. The standard InChI is InChI=1S/C24H29F2N5O4/c25-18-2-1-15(11-19(18)26)31-22(33)12-16(32)14-24(31)5-7-30(8-6-24)20-13-21(29-23(27)28-20)35-17-3-9-34-10-4-17/h1-2,11,13,16-17,32H,3-10,12,14H2,(H2,27,28,29). The van der Waals surface area contributed by atoms with Gasteiger partial charge in [0.05, 0.1) is 31.3 Å². The number of aliphatic hydroxyl groups excluding tert-OH is 1. The number of aromatic nitrogens is 2. The molecule has 3 saturated heterocycles. The first kappa shape index (κ1) is 23.7. The molecule has 3 fully saturated rings. The van der Waals surface area contributed by atoms with E-state index in [1.54, 1.807) is 11.0 Å². The number of nitrogen functional groups attached to an aromatic ring is 1. The fourth-order valence-electron chi connectivity index (χ4n) is 5.40. The normalized spacial score (nSPS) is 23.1. The van der Waals surface area contributed by atoms with Gasteiger partial charge in [0.15, 0.2) is 11.6 Å². The zero-order chi connectivity index (χ0) is 24.6. The number of hydrogen-bond acceptors (Lipinski definition) is 8. The van der Waals surface area contributed by atoms with Crippen molar-refractivity contribution in [2.75, 3.05) is 41.8 Å². The molecule has 2 aromatic rings. The Morgan fingerprint density at radius 2 is 1.86 bits per heavy atom. The highest BCUT2D eigenvalue weighted by Crippen LogP contribution is 2.42. The second kappa shape index (κ2) is 9.54. The fraction of sp³-hybridized carbons (Fsp3) is 0.542. The number of ether oxygens (including phenoxy) is 2. The summed E-state index contributed by atoms with van der Waals surface area (Å²) >= 11 is 0. The molecular weight excluding hydrogens is 460 g/mol. The summed E-state index contributed by atoms with van der Waals surface area (Å²) < 4.78 is 38.9. The molecule has 1 atom stereocenters. The van der Waals surface area contributed by atoms with E-state index < -0.39 is 23.3 Å². The third kappa shape index (κ3) is 4.87. The Hall–Kier alpha value is -3.05. The highest BCUT2D eigenvalue weighted by atomic mass is 19.2. The predicted octanol–water partition coefficient (Wildman–Crippen LogP) is 2.42. The molecule has 3 N–H and O–H groups in total. The molecule has 1 aromatic carbocycles. The van der Waals surface area contributed by atoms with Crippen LogP contribution in [0.4, 0.5) is 26.2 Å². The highest BCUT2D eigenvalue weighted by Gasteiger charge is 2.48. The molecule has 11 heteroatoms. The zero-order valence-corrected chi connectivity index (χ0v) is 19.3. The van der Waals surface area contributed by atoms with Gasteiger partial charge in [-0.3, -0.25) is 4.79 Å². The van der Waals surface area contributed by atoms with Gasteiger partial charge in [-0.25, -0.2) is 8.78 Å². The molecule has 0 radical (unpaired) electrons. The summed E-state index contributed by atoms with van der Waals surface area (Å²) in [6.45, 7) is 2.33. The number of halogens is 2. The molecule has 0 saturated carbocycles. The minimum Gasteiger partial charge on any atom is -0.474 e. The lowest BCUT2D eigenvalue weighted by Crippen LogP contribution is -2.62. The molecule has 0 bridgehead atoms. The molecular formula is C24H29F2N5O4. The van der Waals surface area contributed by atoms with Crippen LogP contribution in [-0.2, 0) is 9.53 Å². The minimum absolute atomic E-state index is 0.00919. The van der Waals surface area contributed by atoms with Crippen LogP contribution in [0, 0.1) is 11.6 Å². The van der Waals surface area contributed by atoms with Gasteiger partial charge >= 0.3 is 0 Å². The van der Waals surface area contributed by atoms with Crippen molar-refractivity contribution in [3.63, 3.8) is 0 Å². The van der Waals surface area contributed by atoms with Crippen LogP contribution in [0.5, 0.6) is 5.88 Å². The summed E-state index contributed by atoms with van der Waals surface area (Å²) in [6.07, 6.45) is 2.10. The summed E-state index contributed by atoms with van der Waals surface area (Å²) in [7, 11) is 0. The molecule has 3 aliphatic heterocycles. The van der Waals surface area contributed by atoms with E-state index in [4.69, 9.17) is 15.2 Å². The number of rotatable bonds is 4. The lowest BCUT2D eigenvalue weighted by Gasteiger charge is -2.52. The van der Waals surface area contributed by atoms with Crippen molar-refractivity contribution in [3.8, 4) is 5.88 Å². The van der Waals surface area contributed by atoms with E-state index in [1.165, 1.54) is 6.07 Å². The Bertz CT molecular complexity index is 1090. The van der Waals surface area contributed by atoms with E-state index in [2.05, 4.69) is 9.97 Å². The van der Waals surface area contributed by atoms with Gasteiger partial charge in [-0.15, -0.1) is 0 Å². The summed E-state index contributed by atoms with van der Waals surface area (Å²) in [5.74, 6) is -1.15. The molecule has 188 valence electrons. The quantitative estimate of drug-likeness (QED) is 0.673. The first-order chi connectivity index (χ1) is 16.8. The number of amides is 1. The van der Waals surface area contributed by atoms with E-state index in [0.717, 1.165) is 25.0 Å². The van der Waals surface area contributed by atoms with E-state index in [-0.39, 0.29) is 24.4 Å². The lowest BCUT2D eigenvalue weighted by atomic mass is 9.76. The third-order valence-corrected chi connectivity index (χ3v) is 7.09. The summed E-state index contributed by atoms with van der Waals surface area (Å²) in [5.41, 5.74) is 5.55. The predicted molar refractivity (Wildman–Crippen MR) is 124 cm³/mol. The number of carbonyl (C=O) groups excluding carboxylic acids is 1.